The fourth-order valence-electron chi connectivity index (χ4n) is 1.26. The van der Waals surface area contributed by atoms with Gasteiger partial charge < -0.3 is 5.73 Å². The van der Waals surface area contributed by atoms with E-state index in [1.165, 1.54) is 17.4 Å². The van der Waals surface area contributed by atoms with Gasteiger partial charge in [0, 0.05) is 17.0 Å². The van der Waals surface area contributed by atoms with E-state index in [0.29, 0.717) is 5.92 Å². The maximum atomic E-state index is 10.4. The Balaban J connectivity index is 2.71. The van der Waals surface area contributed by atoms with Crippen molar-refractivity contribution < 1.29 is 4.92 Å². The Morgan fingerprint density at radius 2 is 2.21 bits per heavy atom. The minimum absolute atomic E-state index is 0.0753. The summed E-state index contributed by atoms with van der Waals surface area (Å²) in [6, 6.07) is 3.18. The van der Waals surface area contributed by atoms with E-state index < -0.39 is 0 Å². The van der Waals surface area contributed by atoms with Gasteiger partial charge in [-0.25, -0.2) is 0 Å². The van der Waals surface area contributed by atoms with E-state index in [0.717, 1.165) is 11.3 Å². The highest BCUT2D eigenvalue weighted by Gasteiger charge is 2.15. The number of nitrogens with zero attached hydrogens (tertiary/aromatic N) is 1. The summed E-state index contributed by atoms with van der Waals surface area (Å²) < 4.78 is 0. The SMILES string of the molecule is CC(C)C[C@@H](N)c1ccc([N+](=O)[O-])s1. The van der Waals surface area contributed by atoms with Crippen molar-refractivity contribution in [2.45, 2.75) is 26.3 Å². The largest absolute Gasteiger partial charge is 0.324 e. The van der Waals surface area contributed by atoms with Gasteiger partial charge in [0.15, 0.2) is 0 Å². The zero-order valence-corrected chi connectivity index (χ0v) is 9.08. The Labute approximate surface area is 86.9 Å². The number of nitrogens with two attached hydrogens (primary N) is 1. The van der Waals surface area contributed by atoms with E-state index in [1.807, 2.05) is 0 Å². The summed E-state index contributed by atoms with van der Waals surface area (Å²) in [7, 11) is 0. The van der Waals surface area contributed by atoms with Crippen LogP contribution < -0.4 is 5.73 Å². The van der Waals surface area contributed by atoms with Crippen LogP contribution in [0, 0.1) is 16.0 Å². The second-order valence-corrected chi connectivity index (χ2v) is 4.76. The zero-order valence-electron chi connectivity index (χ0n) is 8.27. The van der Waals surface area contributed by atoms with Crippen molar-refractivity contribution >= 4 is 16.3 Å². The van der Waals surface area contributed by atoms with Crippen LogP contribution in [0.25, 0.3) is 0 Å². The highest BCUT2D eigenvalue weighted by Crippen LogP contribution is 2.30. The number of rotatable bonds is 4. The Kier molecular flexibility index (Phi) is 3.60. The van der Waals surface area contributed by atoms with Crippen LogP contribution in [0.3, 0.4) is 0 Å². The van der Waals surface area contributed by atoms with Gasteiger partial charge in [0.2, 0.25) is 0 Å². The number of hydrogen-bond acceptors (Lipinski definition) is 4. The molecular weight excluding hydrogens is 200 g/mol. The van der Waals surface area contributed by atoms with Gasteiger partial charge >= 0.3 is 5.00 Å². The van der Waals surface area contributed by atoms with Crippen molar-refractivity contribution in [3.05, 3.63) is 27.1 Å². The minimum atomic E-state index is -0.379. The molecule has 4 nitrogen and oxygen atoms in total. The first-order chi connectivity index (χ1) is 6.50. The quantitative estimate of drug-likeness (QED) is 0.618. The third kappa shape index (κ3) is 2.78. The fourth-order valence-corrected chi connectivity index (χ4v) is 2.10. The Hall–Kier alpha value is -0.940. The molecule has 78 valence electrons. The maximum absolute atomic E-state index is 10.4. The van der Waals surface area contributed by atoms with Crippen LogP contribution in [-0.2, 0) is 0 Å². The molecule has 0 amide bonds. The summed E-state index contributed by atoms with van der Waals surface area (Å²) in [5, 5.41) is 10.6. The molecule has 0 aliphatic heterocycles. The highest BCUT2D eigenvalue weighted by atomic mass is 32.1. The molecule has 5 heteroatoms. The molecule has 14 heavy (non-hydrogen) atoms. The Morgan fingerprint density at radius 3 is 2.64 bits per heavy atom. The van der Waals surface area contributed by atoms with Gasteiger partial charge in [-0.05, 0) is 18.4 Å². The van der Waals surface area contributed by atoms with E-state index >= 15 is 0 Å². The molecule has 0 aliphatic carbocycles. The molecule has 0 spiro atoms. The maximum Gasteiger partial charge on any atom is 0.324 e. The Bertz CT molecular complexity index is 322. The molecule has 0 saturated carbocycles. The molecule has 0 unspecified atom stereocenters. The summed E-state index contributed by atoms with van der Waals surface area (Å²) in [5.41, 5.74) is 5.90. The predicted molar refractivity (Wildman–Crippen MR) is 57.4 cm³/mol. The molecule has 1 rings (SSSR count). The Morgan fingerprint density at radius 1 is 1.57 bits per heavy atom. The number of thiophene rings is 1. The summed E-state index contributed by atoms with van der Waals surface area (Å²) >= 11 is 1.17. The van der Waals surface area contributed by atoms with E-state index in [1.54, 1.807) is 6.07 Å². The lowest BCUT2D eigenvalue weighted by atomic mass is 10.0. The molecule has 0 bridgehead atoms. The van der Waals surface area contributed by atoms with E-state index in [9.17, 15) is 10.1 Å². The van der Waals surface area contributed by atoms with E-state index in [-0.39, 0.29) is 16.0 Å². The van der Waals surface area contributed by atoms with Crippen molar-refractivity contribution in [3.8, 4) is 0 Å². The topological polar surface area (TPSA) is 69.2 Å². The summed E-state index contributed by atoms with van der Waals surface area (Å²) in [4.78, 5) is 10.9. The van der Waals surface area contributed by atoms with Gasteiger partial charge in [-0.3, -0.25) is 10.1 Å². The normalized spacial score (nSPS) is 13.1. The third-order valence-corrected chi connectivity index (χ3v) is 3.05. The second-order valence-electron chi connectivity index (χ2n) is 3.67. The molecule has 0 aromatic carbocycles. The summed E-state index contributed by atoms with van der Waals surface area (Å²) in [6.07, 6.45) is 0.859. The standard InChI is InChI=1S/C9H14N2O2S/c1-6(2)5-7(10)8-3-4-9(14-8)11(12)13/h3-4,6-7H,5,10H2,1-2H3/t7-/m1/s1. The van der Waals surface area contributed by atoms with Crippen LogP contribution >= 0.6 is 11.3 Å². The first kappa shape index (κ1) is 11.1. The van der Waals surface area contributed by atoms with Crippen LogP contribution in [0.1, 0.15) is 31.2 Å². The van der Waals surface area contributed by atoms with Gasteiger partial charge in [-0.2, -0.15) is 0 Å². The molecule has 1 atom stereocenters. The van der Waals surface area contributed by atoms with Crippen molar-refractivity contribution in [3.63, 3.8) is 0 Å². The second kappa shape index (κ2) is 4.52. The van der Waals surface area contributed by atoms with E-state index in [2.05, 4.69) is 13.8 Å². The lowest BCUT2D eigenvalue weighted by Gasteiger charge is -2.11. The average Bonchev–Trinajstić information content (AvgIpc) is 2.50. The summed E-state index contributed by atoms with van der Waals surface area (Å²) in [6.45, 7) is 4.17. The smallest absolute Gasteiger partial charge is 0.323 e. The zero-order chi connectivity index (χ0) is 10.7. The predicted octanol–water partition coefficient (Wildman–Crippen LogP) is 2.70. The van der Waals surface area contributed by atoms with Gasteiger partial charge in [-0.15, -0.1) is 0 Å². The first-order valence-corrected chi connectivity index (χ1v) is 5.32. The molecule has 2 N–H and O–H groups in total. The van der Waals surface area contributed by atoms with Gasteiger partial charge in [-0.1, -0.05) is 25.2 Å². The van der Waals surface area contributed by atoms with Crippen molar-refractivity contribution in [1.29, 1.82) is 0 Å². The third-order valence-electron chi connectivity index (χ3n) is 1.88. The molecule has 0 aliphatic rings. The number of nitro groups is 1. The van der Waals surface area contributed by atoms with Gasteiger partial charge in [0.25, 0.3) is 0 Å². The molecule has 1 heterocycles. The average molecular weight is 214 g/mol. The molecule has 1 aromatic heterocycles. The molecule has 0 saturated heterocycles. The van der Waals surface area contributed by atoms with Gasteiger partial charge in [0.1, 0.15) is 0 Å². The van der Waals surface area contributed by atoms with Crippen molar-refractivity contribution in [2.75, 3.05) is 0 Å². The fraction of sp³-hybridized carbons (Fsp3) is 0.556. The molecule has 1 aromatic rings. The monoisotopic (exact) mass is 214 g/mol. The van der Waals surface area contributed by atoms with Crippen LogP contribution in [-0.4, -0.2) is 4.92 Å². The van der Waals surface area contributed by atoms with Crippen molar-refractivity contribution in [1.82, 2.24) is 0 Å². The highest BCUT2D eigenvalue weighted by molar-refractivity contribution is 7.15. The molecule has 0 radical (unpaired) electrons. The number of hydrogen-bond donors (Lipinski definition) is 1. The molecule has 0 fully saturated rings. The van der Waals surface area contributed by atoms with Gasteiger partial charge in [0.05, 0.1) is 4.92 Å². The summed E-state index contributed by atoms with van der Waals surface area (Å²) in [5.74, 6) is 0.506. The lowest BCUT2D eigenvalue weighted by molar-refractivity contribution is -0.380. The van der Waals surface area contributed by atoms with E-state index in [4.69, 9.17) is 5.73 Å². The lowest BCUT2D eigenvalue weighted by Crippen LogP contribution is -2.11. The van der Waals surface area contributed by atoms with Crippen molar-refractivity contribution in [2.24, 2.45) is 11.7 Å². The van der Waals surface area contributed by atoms with Crippen LogP contribution in [0.5, 0.6) is 0 Å². The van der Waals surface area contributed by atoms with Crippen LogP contribution in [0.2, 0.25) is 0 Å². The molecular formula is C9H14N2O2S. The first-order valence-electron chi connectivity index (χ1n) is 4.50. The van der Waals surface area contributed by atoms with Crippen LogP contribution in [0.4, 0.5) is 5.00 Å². The minimum Gasteiger partial charge on any atom is -0.323 e. The van der Waals surface area contributed by atoms with Crippen LogP contribution in [0.15, 0.2) is 12.1 Å².